The van der Waals surface area contributed by atoms with Crippen molar-refractivity contribution in [3.05, 3.63) is 35.6 Å². The monoisotopic (exact) mass is 314 g/mol. The molecule has 1 aliphatic carbocycles. The van der Waals surface area contributed by atoms with Crippen LogP contribution >= 0.6 is 12.4 Å². The molecular formula is C16H24ClFN2O. The molecule has 1 saturated carbocycles. The number of halogens is 2. The Balaban J connectivity index is 0.00000220. The molecule has 1 fully saturated rings. The molecule has 1 aliphatic rings. The SMILES string of the molecule is CCC(N)(CC)CNC(=O)C1CC1c1ccc(F)cc1.Cl. The first kappa shape index (κ1) is 17.9. The molecule has 2 atom stereocenters. The van der Waals surface area contributed by atoms with Gasteiger partial charge in [0.05, 0.1) is 0 Å². The van der Waals surface area contributed by atoms with Crippen LogP contribution in [0.4, 0.5) is 4.39 Å². The third kappa shape index (κ3) is 4.42. The summed E-state index contributed by atoms with van der Waals surface area (Å²) in [6.07, 6.45) is 2.53. The van der Waals surface area contributed by atoms with E-state index < -0.39 is 0 Å². The summed E-state index contributed by atoms with van der Waals surface area (Å²) in [4.78, 5) is 12.1. The molecule has 3 N–H and O–H groups in total. The van der Waals surface area contributed by atoms with E-state index >= 15 is 0 Å². The van der Waals surface area contributed by atoms with Crippen LogP contribution in [-0.4, -0.2) is 18.0 Å². The van der Waals surface area contributed by atoms with Crippen LogP contribution in [0.15, 0.2) is 24.3 Å². The summed E-state index contributed by atoms with van der Waals surface area (Å²) in [7, 11) is 0. The third-order valence-corrected chi connectivity index (χ3v) is 4.45. The molecule has 0 spiro atoms. The van der Waals surface area contributed by atoms with Gasteiger partial charge in [-0.3, -0.25) is 4.79 Å². The Labute approximate surface area is 131 Å². The van der Waals surface area contributed by atoms with E-state index in [1.54, 1.807) is 12.1 Å². The van der Waals surface area contributed by atoms with Crippen LogP contribution in [0, 0.1) is 11.7 Å². The van der Waals surface area contributed by atoms with Crippen molar-refractivity contribution in [2.45, 2.75) is 44.6 Å². The predicted molar refractivity (Wildman–Crippen MR) is 85.0 cm³/mol. The first-order valence-corrected chi connectivity index (χ1v) is 7.31. The fourth-order valence-corrected chi connectivity index (χ4v) is 2.46. The lowest BCUT2D eigenvalue weighted by atomic mass is 9.94. The number of nitrogens with one attached hydrogen (secondary N) is 1. The van der Waals surface area contributed by atoms with Crippen molar-refractivity contribution in [3.63, 3.8) is 0 Å². The van der Waals surface area contributed by atoms with Gasteiger partial charge in [0.1, 0.15) is 5.82 Å². The number of benzene rings is 1. The molecule has 0 bridgehead atoms. The van der Waals surface area contributed by atoms with Crippen molar-refractivity contribution >= 4 is 18.3 Å². The molecule has 2 unspecified atom stereocenters. The highest BCUT2D eigenvalue weighted by Crippen LogP contribution is 2.47. The van der Waals surface area contributed by atoms with Gasteiger partial charge in [-0.1, -0.05) is 26.0 Å². The van der Waals surface area contributed by atoms with Gasteiger partial charge in [-0.2, -0.15) is 0 Å². The molecule has 3 nitrogen and oxygen atoms in total. The Kier molecular flexibility index (Phi) is 6.17. The molecule has 1 aromatic carbocycles. The lowest BCUT2D eigenvalue weighted by Crippen LogP contribution is -2.49. The van der Waals surface area contributed by atoms with E-state index in [9.17, 15) is 9.18 Å². The summed E-state index contributed by atoms with van der Waals surface area (Å²) >= 11 is 0. The van der Waals surface area contributed by atoms with Crippen molar-refractivity contribution in [1.82, 2.24) is 5.32 Å². The van der Waals surface area contributed by atoms with Gasteiger partial charge in [0.25, 0.3) is 0 Å². The second kappa shape index (κ2) is 7.23. The van der Waals surface area contributed by atoms with Gasteiger partial charge in [-0.15, -0.1) is 12.4 Å². The van der Waals surface area contributed by atoms with Gasteiger partial charge in [0, 0.05) is 18.0 Å². The van der Waals surface area contributed by atoms with Crippen molar-refractivity contribution < 1.29 is 9.18 Å². The normalized spacial score (nSPS) is 20.6. The molecule has 0 aromatic heterocycles. The van der Waals surface area contributed by atoms with E-state index in [0.29, 0.717) is 6.54 Å². The zero-order chi connectivity index (χ0) is 14.8. The van der Waals surface area contributed by atoms with Crippen molar-refractivity contribution in [3.8, 4) is 0 Å². The van der Waals surface area contributed by atoms with E-state index in [1.807, 2.05) is 13.8 Å². The Morgan fingerprint density at radius 1 is 1.33 bits per heavy atom. The average molecular weight is 315 g/mol. The molecule has 2 rings (SSSR count). The smallest absolute Gasteiger partial charge is 0.223 e. The molecule has 1 aromatic rings. The summed E-state index contributed by atoms with van der Waals surface area (Å²) < 4.78 is 12.9. The number of carbonyl (C=O) groups excluding carboxylic acids is 1. The number of carbonyl (C=O) groups is 1. The van der Waals surface area contributed by atoms with Gasteiger partial charge in [-0.25, -0.2) is 4.39 Å². The third-order valence-electron chi connectivity index (χ3n) is 4.45. The zero-order valence-corrected chi connectivity index (χ0v) is 13.4. The van der Waals surface area contributed by atoms with E-state index in [4.69, 9.17) is 5.73 Å². The molecule has 1 amide bonds. The maximum absolute atomic E-state index is 12.9. The van der Waals surface area contributed by atoms with Gasteiger partial charge in [0.2, 0.25) is 5.91 Å². The summed E-state index contributed by atoms with van der Waals surface area (Å²) in [6, 6.07) is 6.42. The van der Waals surface area contributed by atoms with E-state index in [1.165, 1.54) is 12.1 Å². The first-order valence-electron chi connectivity index (χ1n) is 7.31. The molecule has 0 aliphatic heterocycles. The number of hydrogen-bond acceptors (Lipinski definition) is 2. The maximum Gasteiger partial charge on any atom is 0.223 e. The van der Waals surface area contributed by atoms with Gasteiger partial charge >= 0.3 is 0 Å². The van der Waals surface area contributed by atoms with Crippen LogP contribution < -0.4 is 11.1 Å². The second-order valence-corrected chi connectivity index (χ2v) is 5.79. The maximum atomic E-state index is 12.9. The fraction of sp³-hybridized carbons (Fsp3) is 0.562. The highest BCUT2D eigenvalue weighted by molar-refractivity contribution is 5.85. The number of nitrogens with two attached hydrogens (primary N) is 1. The molecule has 21 heavy (non-hydrogen) atoms. The van der Waals surface area contributed by atoms with Crippen molar-refractivity contribution in [2.24, 2.45) is 11.7 Å². The largest absolute Gasteiger partial charge is 0.354 e. The quantitative estimate of drug-likeness (QED) is 0.848. The topological polar surface area (TPSA) is 55.1 Å². The molecule has 0 heterocycles. The summed E-state index contributed by atoms with van der Waals surface area (Å²) in [5, 5.41) is 2.96. The zero-order valence-electron chi connectivity index (χ0n) is 12.6. The Morgan fingerprint density at radius 3 is 2.43 bits per heavy atom. The van der Waals surface area contributed by atoms with Crippen LogP contribution in [0.2, 0.25) is 0 Å². The minimum Gasteiger partial charge on any atom is -0.354 e. The second-order valence-electron chi connectivity index (χ2n) is 5.79. The van der Waals surface area contributed by atoms with Crippen LogP contribution in [0.1, 0.15) is 44.6 Å². The van der Waals surface area contributed by atoms with E-state index in [0.717, 1.165) is 24.8 Å². The van der Waals surface area contributed by atoms with Crippen LogP contribution in [0.3, 0.4) is 0 Å². The van der Waals surface area contributed by atoms with Gasteiger partial charge < -0.3 is 11.1 Å². The minimum absolute atomic E-state index is 0. The molecule has 0 radical (unpaired) electrons. The summed E-state index contributed by atoms with van der Waals surface area (Å²) in [5.74, 6) is 0.0645. The first-order chi connectivity index (χ1) is 9.49. The Morgan fingerprint density at radius 2 is 1.90 bits per heavy atom. The van der Waals surface area contributed by atoms with Gasteiger partial charge in [-0.05, 0) is 42.9 Å². The van der Waals surface area contributed by atoms with E-state index in [2.05, 4.69) is 5.32 Å². The Bertz CT molecular complexity index is 474. The lowest BCUT2D eigenvalue weighted by Gasteiger charge is -2.26. The standard InChI is InChI=1S/C16H23FN2O.ClH/c1-3-16(18,4-2)10-19-15(20)14-9-13(14)11-5-7-12(17)8-6-11;/h5-8,13-14H,3-4,9-10,18H2,1-2H3,(H,19,20);1H. The van der Waals surface area contributed by atoms with Crippen LogP contribution in [-0.2, 0) is 4.79 Å². The lowest BCUT2D eigenvalue weighted by molar-refractivity contribution is -0.122. The number of hydrogen-bond donors (Lipinski definition) is 2. The molecule has 0 saturated heterocycles. The number of amides is 1. The summed E-state index contributed by atoms with van der Waals surface area (Å²) in [6.45, 7) is 4.59. The molecule has 5 heteroatoms. The molecule has 118 valence electrons. The van der Waals surface area contributed by atoms with Gasteiger partial charge in [0.15, 0.2) is 0 Å². The highest BCUT2D eigenvalue weighted by atomic mass is 35.5. The predicted octanol–water partition coefficient (Wildman–Crippen LogP) is 2.98. The highest BCUT2D eigenvalue weighted by Gasteiger charge is 2.44. The van der Waals surface area contributed by atoms with Crippen molar-refractivity contribution in [2.75, 3.05) is 6.54 Å². The Hall–Kier alpha value is -1.13. The average Bonchev–Trinajstić information content (AvgIpc) is 3.26. The van der Waals surface area contributed by atoms with Crippen LogP contribution in [0.25, 0.3) is 0 Å². The minimum atomic E-state index is -0.310. The van der Waals surface area contributed by atoms with Crippen LogP contribution in [0.5, 0.6) is 0 Å². The molecular weight excluding hydrogens is 291 g/mol. The fourth-order valence-electron chi connectivity index (χ4n) is 2.46. The number of rotatable bonds is 6. The van der Waals surface area contributed by atoms with Crippen molar-refractivity contribution in [1.29, 1.82) is 0 Å². The van der Waals surface area contributed by atoms with E-state index in [-0.39, 0.29) is 41.5 Å². The summed E-state index contributed by atoms with van der Waals surface area (Å²) in [5.41, 5.74) is 6.90.